The maximum absolute atomic E-state index is 14.3. The van der Waals surface area contributed by atoms with Crippen LogP contribution < -0.4 is 0 Å². The van der Waals surface area contributed by atoms with E-state index in [0.29, 0.717) is 21.9 Å². The van der Waals surface area contributed by atoms with E-state index in [-0.39, 0.29) is 4.90 Å². The number of thiol groups is 1. The maximum Gasteiger partial charge on any atom is 0.139 e. The van der Waals surface area contributed by atoms with Crippen LogP contribution in [-0.2, 0) is 23.6 Å². The molecule has 0 aliphatic heterocycles. The Morgan fingerprint density at radius 3 is 2.00 bits per heavy atom. The smallest absolute Gasteiger partial charge is 0.139 e. The quantitative estimate of drug-likeness (QED) is 0.351. The predicted molar refractivity (Wildman–Crippen MR) is 143 cm³/mol. The van der Waals surface area contributed by atoms with Crippen LogP contribution in [-0.4, -0.2) is 10.5 Å². The highest BCUT2D eigenvalue weighted by atomic mass is 35.5. The Hall–Kier alpha value is -1.62. The summed E-state index contributed by atoms with van der Waals surface area (Å²) in [7, 11) is -1.63. The molecule has 1 unspecified atom stereocenters. The lowest BCUT2D eigenvalue weighted by Gasteiger charge is -2.13. The summed E-state index contributed by atoms with van der Waals surface area (Å²) in [6.45, 7) is 11.9. The highest BCUT2D eigenvalue weighted by molar-refractivity contribution is 7.85. The van der Waals surface area contributed by atoms with E-state index in [0.717, 1.165) is 17.5 Å². The van der Waals surface area contributed by atoms with Gasteiger partial charge in [-0.25, -0.2) is 8.60 Å². The fraction of sp³-hybridized carbons (Fsp3) is 0.333. The van der Waals surface area contributed by atoms with Gasteiger partial charge in [-0.05, 0) is 66.5 Å². The van der Waals surface area contributed by atoms with E-state index >= 15 is 0 Å². The molecule has 0 amide bonds. The van der Waals surface area contributed by atoms with Crippen molar-refractivity contribution in [3.8, 4) is 0 Å². The normalized spacial score (nSPS) is 10.4. The molecule has 1 atom stereocenters. The zero-order chi connectivity index (χ0) is 24.7. The van der Waals surface area contributed by atoms with Crippen molar-refractivity contribution >= 4 is 35.0 Å². The molecule has 0 aliphatic rings. The molecule has 0 saturated heterocycles. The molecule has 0 heterocycles. The molecule has 32 heavy (non-hydrogen) atoms. The first-order valence-electron chi connectivity index (χ1n) is 11.0. The van der Waals surface area contributed by atoms with Crippen LogP contribution in [0.15, 0.2) is 70.5 Å². The third kappa shape index (κ3) is 8.73. The zero-order valence-corrected chi connectivity index (χ0v) is 22.7. The molecule has 0 radical (unpaired) electrons. The summed E-state index contributed by atoms with van der Waals surface area (Å²) < 4.78 is 27.5. The molecule has 0 spiro atoms. The fourth-order valence-corrected chi connectivity index (χ4v) is 4.60. The lowest BCUT2D eigenvalue weighted by Crippen LogP contribution is -2.04. The van der Waals surface area contributed by atoms with Crippen molar-refractivity contribution in [2.45, 2.75) is 64.2 Å². The van der Waals surface area contributed by atoms with E-state index in [1.165, 1.54) is 11.6 Å². The molecule has 5 heteroatoms. The van der Waals surface area contributed by atoms with Crippen molar-refractivity contribution in [1.82, 2.24) is 0 Å². The number of benzene rings is 3. The highest BCUT2D eigenvalue weighted by Gasteiger charge is 2.18. The van der Waals surface area contributed by atoms with Crippen LogP contribution in [0.5, 0.6) is 0 Å². The molecule has 0 fully saturated rings. The van der Waals surface area contributed by atoms with E-state index in [1.54, 1.807) is 37.4 Å². The second-order valence-electron chi connectivity index (χ2n) is 6.25. The molecule has 3 aromatic rings. The first-order chi connectivity index (χ1) is 15.5. The van der Waals surface area contributed by atoms with Gasteiger partial charge in [-0.15, -0.1) is 0 Å². The third-order valence-electron chi connectivity index (χ3n) is 4.40. The van der Waals surface area contributed by atoms with Crippen LogP contribution in [0.2, 0.25) is 5.02 Å². The molecule has 3 rings (SSSR count). The Labute approximate surface area is 207 Å². The molecule has 0 N–H and O–H groups in total. The molecule has 1 nitrogen and oxygen atoms in total. The first-order valence-corrected chi connectivity index (χ1v) is 13.4. The molecule has 0 saturated carbocycles. The van der Waals surface area contributed by atoms with Crippen LogP contribution in [0.1, 0.15) is 56.9 Å². The standard InChI is InChI=1S/C22H20ClFOS.2C2H6.CH4S/c1-3-16-7-9-17(10-8-16)13-18-11-12-19(23)14-21(18)26(25)22-15(2)5-4-6-20(22)24;3*1-2/h4-12,14H,3,13H2,1-2H3;2*1-2H3;2H,1H3. The molecule has 176 valence electrons. The van der Waals surface area contributed by atoms with E-state index in [4.69, 9.17) is 11.6 Å². The summed E-state index contributed by atoms with van der Waals surface area (Å²) in [5.74, 6) is -0.457. The number of halogens is 2. The van der Waals surface area contributed by atoms with Crippen LogP contribution >= 0.6 is 24.2 Å². The minimum absolute atomic E-state index is 0.220. The first kappa shape index (κ1) is 30.4. The minimum Gasteiger partial charge on any atom is -0.249 e. The zero-order valence-electron chi connectivity index (χ0n) is 20.2. The second kappa shape index (κ2) is 16.9. The average Bonchev–Trinajstić information content (AvgIpc) is 2.84. The average molecular weight is 495 g/mol. The van der Waals surface area contributed by atoms with E-state index in [1.807, 2.05) is 33.8 Å². The van der Waals surface area contributed by atoms with Gasteiger partial charge in [0.05, 0.1) is 15.7 Å². The van der Waals surface area contributed by atoms with Gasteiger partial charge >= 0.3 is 0 Å². The third-order valence-corrected chi connectivity index (χ3v) is 6.31. The van der Waals surface area contributed by atoms with Crippen LogP contribution in [0.3, 0.4) is 0 Å². The Bertz CT molecular complexity index is 936. The van der Waals surface area contributed by atoms with Gasteiger partial charge in [-0.3, -0.25) is 0 Å². The number of hydrogen-bond donors (Lipinski definition) is 1. The van der Waals surface area contributed by atoms with Crippen molar-refractivity contribution < 1.29 is 8.60 Å². The SMILES string of the molecule is CC.CC.CCc1ccc(Cc2ccc(Cl)cc2S(=O)c2c(C)cccc2F)cc1.CS. The maximum atomic E-state index is 14.3. The van der Waals surface area contributed by atoms with Gasteiger partial charge in [0.25, 0.3) is 0 Å². The highest BCUT2D eigenvalue weighted by Crippen LogP contribution is 2.29. The van der Waals surface area contributed by atoms with Gasteiger partial charge < -0.3 is 0 Å². The van der Waals surface area contributed by atoms with Gasteiger partial charge in [0.1, 0.15) is 5.82 Å². The van der Waals surface area contributed by atoms with Crippen molar-refractivity contribution in [2.75, 3.05) is 6.26 Å². The molecule has 0 aromatic heterocycles. The summed E-state index contributed by atoms with van der Waals surface area (Å²) in [6, 6.07) is 18.4. The molecular weight excluding hydrogens is 459 g/mol. The van der Waals surface area contributed by atoms with Crippen LogP contribution in [0.25, 0.3) is 0 Å². The van der Waals surface area contributed by atoms with Crippen molar-refractivity contribution in [1.29, 1.82) is 0 Å². The van der Waals surface area contributed by atoms with Crippen LogP contribution in [0.4, 0.5) is 4.39 Å². The fourth-order valence-electron chi connectivity index (χ4n) is 2.92. The largest absolute Gasteiger partial charge is 0.249 e. The van der Waals surface area contributed by atoms with Gasteiger partial charge in [0.2, 0.25) is 0 Å². The van der Waals surface area contributed by atoms with Crippen LogP contribution in [0, 0.1) is 12.7 Å². The van der Waals surface area contributed by atoms with Gasteiger partial charge in [0.15, 0.2) is 0 Å². The number of hydrogen-bond acceptors (Lipinski definition) is 2. The monoisotopic (exact) mass is 494 g/mol. The van der Waals surface area contributed by atoms with E-state index < -0.39 is 16.6 Å². The van der Waals surface area contributed by atoms with E-state index in [9.17, 15) is 8.60 Å². The van der Waals surface area contributed by atoms with E-state index in [2.05, 4.69) is 43.8 Å². The van der Waals surface area contributed by atoms with Crippen molar-refractivity contribution in [2.24, 2.45) is 0 Å². The lowest BCUT2D eigenvalue weighted by atomic mass is 10.0. The summed E-state index contributed by atoms with van der Waals surface area (Å²) in [5.41, 5.74) is 3.95. The van der Waals surface area contributed by atoms with Gasteiger partial charge in [-0.2, -0.15) is 12.6 Å². The number of rotatable bonds is 5. The molecular formula is C27H36ClFOS2. The molecule has 0 aliphatic carbocycles. The van der Waals surface area contributed by atoms with Crippen molar-refractivity contribution in [3.05, 3.63) is 93.8 Å². The topological polar surface area (TPSA) is 17.1 Å². The summed E-state index contributed by atoms with van der Waals surface area (Å²) in [6.07, 6.45) is 3.30. The lowest BCUT2D eigenvalue weighted by molar-refractivity contribution is 0.592. The Morgan fingerprint density at radius 2 is 1.47 bits per heavy atom. The van der Waals surface area contributed by atoms with Crippen molar-refractivity contribution in [3.63, 3.8) is 0 Å². The summed E-state index contributed by atoms with van der Waals surface area (Å²) in [5, 5.41) is 0.493. The second-order valence-corrected chi connectivity index (χ2v) is 8.08. The minimum atomic E-state index is -1.63. The van der Waals surface area contributed by atoms with Gasteiger partial charge in [0, 0.05) is 9.92 Å². The Morgan fingerprint density at radius 1 is 0.906 bits per heavy atom. The Balaban J connectivity index is 0.00000148. The number of aryl methyl sites for hydroxylation is 2. The predicted octanol–water partition coefficient (Wildman–Crippen LogP) is 8.71. The molecule has 0 bridgehead atoms. The Kier molecular flexibility index (Phi) is 16.1. The summed E-state index contributed by atoms with van der Waals surface area (Å²) in [4.78, 5) is 0.780. The molecule has 3 aromatic carbocycles. The summed E-state index contributed by atoms with van der Waals surface area (Å²) >= 11 is 9.67. The van der Waals surface area contributed by atoms with Gasteiger partial charge in [-0.1, -0.05) is 88.7 Å².